The minimum atomic E-state index is -2.29. The fourth-order valence-corrected chi connectivity index (χ4v) is 3.19. The van der Waals surface area contributed by atoms with Crippen molar-refractivity contribution in [2.45, 2.75) is 59.0 Å². The first-order valence-corrected chi connectivity index (χ1v) is 16.0. The molecular formula is C16H42NO5P3. The average Bonchev–Trinajstić information content (AvgIpc) is 2.21. The average molecular weight is 421 g/mol. The van der Waals surface area contributed by atoms with E-state index in [0.717, 1.165) is 0 Å². The quantitative estimate of drug-likeness (QED) is 0.618. The maximum absolute atomic E-state index is 11.3. The van der Waals surface area contributed by atoms with Gasteiger partial charge < -0.3 is 18.8 Å². The van der Waals surface area contributed by atoms with Crippen molar-refractivity contribution in [2.24, 2.45) is 0 Å². The second kappa shape index (κ2) is 11.4. The molecule has 0 aliphatic carbocycles. The largest absolute Gasteiger partial charge is 0.383 e. The van der Waals surface area contributed by atoms with Gasteiger partial charge in [0.2, 0.25) is 0 Å². The topological polar surface area (TPSA) is 83.9 Å². The fourth-order valence-electron chi connectivity index (χ4n) is 1.06. The van der Waals surface area contributed by atoms with Crippen molar-refractivity contribution in [3.05, 3.63) is 0 Å². The molecule has 0 unspecified atom stereocenters. The van der Waals surface area contributed by atoms with E-state index in [4.69, 9.17) is 9.63 Å². The lowest BCUT2D eigenvalue weighted by Crippen LogP contribution is -2.22. The van der Waals surface area contributed by atoms with E-state index in [-0.39, 0.29) is 6.10 Å². The molecule has 156 valence electrons. The number of hydrogen-bond acceptors (Lipinski definition) is 5. The Kier molecular flexibility index (Phi) is 13.8. The Morgan fingerprint density at radius 1 is 0.880 bits per heavy atom. The fraction of sp³-hybridized carbons (Fsp3) is 1.00. The smallest absolute Gasteiger partial charge is 0.197 e. The third-order valence-electron chi connectivity index (χ3n) is 3.29. The van der Waals surface area contributed by atoms with Gasteiger partial charge in [-0.05, 0) is 61.9 Å². The van der Waals surface area contributed by atoms with Gasteiger partial charge in [0, 0.05) is 32.7 Å². The van der Waals surface area contributed by atoms with Crippen LogP contribution in [0.1, 0.15) is 41.5 Å². The highest BCUT2D eigenvalue weighted by atomic mass is 31.2. The summed E-state index contributed by atoms with van der Waals surface area (Å²) in [5.41, 5.74) is 0. The molecule has 9 heteroatoms. The first-order chi connectivity index (χ1) is 10.5. The van der Waals surface area contributed by atoms with Gasteiger partial charge >= 0.3 is 0 Å². The molecule has 0 radical (unpaired) electrons. The zero-order valence-electron chi connectivity index (χ0n) is 18.5. The first-order valence-electron chi connectivity index (χ1n) is 8.31. The van der Waals surface area contributed by atoms with Crippen LogP contribution in [-0.4, -0.2) is 74.3 Å². The molecule has 0 rings (SSSR count). The van der Waals surface area contributed by atoms with Gasteiger partial charge in [-0.25, -0.2) is 0 Å². The molecule has 0 aromatic carbocycles. The summed E-state index contributed by atoms with van der Waals surface area (Å²) in [7, 11) is -4.60. The molecule has 1 N–H and O–H groups in total. The predicted molar refractivity (Wildman–Crippen MR) is 114 cm³/mol. The Bertz CT molecular complexity index is 494. The minimum absolute atomic E-state index is 0.0795. The van der Waals surface area contributed by atoms with Crippen LogP contribution in [-0.2, 0) is 18.2 Å². The zero-order chi connectivity index (χ0) is 21.4. The third-order valence-corrected chi connectivity index (χ3v) is 8.84. The molecule has 0 aromatic rings. The predicted octanol–water partition coefficient (Wildman–Crippen LogP) is 5.15. The van der Waals surface area contributed by atoms with Crippen LogP contribution in [0.15, 0.2) is 0 Å². The van der Waals surface area contributed by atoms with Crippen LogP contribution >= 0.6 is 21.8 Å². The van der Waals surface area contributed by atoms with Gasteiger partial charge in [0.25, 0.3) is 0 Å². The molecule has 0 aliphatic heterocycles. The van der Waals surface area contributed by atoms with Crippen molar-refractivity contribution in [1.29, 1.82) is 0 Å². The number of aliphatic hydroxyl groups is 1. The number of rotatable bonds is 5. The summed E-state index contributed by atoms with van der Waals surface area (Å²) in [5.74, 6) is 0. The summed E-state index contributed by atoms with van der Waals surface area (Å²) in [6.07, 6.45) is 0.0795. The molecule has 0 aromatic heterocycles. The van der Waals surface area contributed by atoms with E-state index in [1.165, 1.54) is 0 Å². The Morgan fingerprint density at radius 2 is 1.16 bits per heavy atom. The van der Waals surface area contributed by atoms with Crippen molar-refractivity contribution in [1.82, 2.24) is 4.67 Å². The van der Waals surface area contributed by atoms with Crippen LogP contribution in [0.25, 0.3) is 0 Å². The molecule has 0 fully saturated rings. The van der Waals surface area contributed by atoms with Crippen LogP contribution in [0.3, 0.4) is 0 Å². The van der Waals surface area contributed by atoms with Crippen molar-refractivity contribution >= 4 is 21.8 Å². The second-order valence-electron chi connectivity index (χ2n) is 8.21. The Hall–Kier alpha value is 0.570. The van der Waals surface area contributed by atoms with Crippen molar-refractivity contribution in [2.75, 3.05) is 47.0 Å². The highest BCUT2D eigenvalue weighted by Gasteiger charge is 2.28. The van der Waals surface area contributed by atoms with Crippen molar-refractivity contribution in [3.8, 4) is 0 Å². The summed E-state index contributed by atoms with van der Waals surface area (Å²) in [5, 5.41) is 8.08. The standard InChI is InChI=1S/C6H16NOP.2C5H13O2P/c1-6(2)7(3)9(4,5)8;1-5(2)7-8(3,4)6;1-5(2,6)8(3,4)7/h6H,1-5H3;5H,1-4H3;6H,1-4H3. The zero-order valence-corrected chi connectivity index (χ0v) is 21.2. The number of nitrogens with zero attached hydrogens (tertiary/aromatic N) is 1. The van der Waals surface area contributed by atoms with Gasteiger partial charge in [0.15, 0.2) is 7.37 Å². The minimum Gasteiger partial charge on any atom is -0.383 e. The molecule has 0 bridgehead atoms. The Morgan fingerprint density at radius 3 is 1.16 bits per heavy atom. The maximum Gasteiger partial charge on any atom is 0.197 e. The van der Waals surface area contributed by atoms with E-state index in [9.17, 15) is 13.7 Å². The number of hydrogen-bond donors (Lipinski definition) is 1. The van der Waals surface area contributed by atoms with E-state index < -0.39 is 27.1 Å². The van der Waals surface area contributed by atoms with E-state index >= 15 is 0 Å². The molecule has 0 aliphatic rings. The van der Waals surface area contributed by atoms with E-state index in [1.807, 2.05) is 39.4 Å². The van der Waals surface area contributed by atoms with Gasteiger partial charge in [0.1, 0.15) is 19.8 Å². The lowest BCUT2D eigenvalue weighted by Gasteiger charge is -2.25. The third kappa shape index (κ3) is 20.7. The molecule has 25 heavy (non-hydrogen) atoms. The normalized spacial score (nSPS) is 13.3. The van der Waals surface area contributed by atoms with E-state index in [1.54, 1.807) is 53.8 Å². The van der Waals surface area contributed by atoms with Crippen LogP contribution in [0.2, 0.25) is 0 Å². The van der Waals surface area contributed by atoms with Gasteiger partial charge in [-0.15, -0.1) is 0 Å². The Labute approximate surface area is 156 Å². The molecule has 0 atom stereocenters. The van der Waals surface area contributed by atoms with E-state index in [2.05, 4.69) is 0 Å². The monoisotopic (exact) mass is 421 g/mol. The molecular weight excluding hydrogens is 379 g/mol. The highest BCUT2D eigenvalue weighted by Crippen LogP contribution is 2.48. The van der Waals surface area contributed by atoms with Gasteiger partial charge in [0.05, 0.1) is 6.10 Å². The molecule has 0 spiro atoms. The van der Waals surface area contributed by atoms with Gasteiger partial charge in [-0.2, -0.15) is 0 Å². The summed E-state index contributed by atoms with van der Waals surface area (Å²) < 4.78 is 40.0. The molecule has 0 saturated carbocycles. The lowest BCUT2D eigenvalue weighted by molar-refractivity contribution is 0.164. The van der Waals surface area contributed by atoms with Crippen molar-refractivity contribution < 1.29 is 23.3 Å². The Balaban J connectivity index is -0.000000291. The van der Waals surface area contributed by atoms with Crippen molar-refractivity contribution in [3.63, 3.8) is 0 Å². The lowest BCUT2D eigenvalue weighted by atomic mass is 10.4. The van der Waals surface area contributed by atoms with Crippen LogP contribution in [0, 0.1) is 0 Å². The van der Waals surface area contributed by atoms with Crippen LogP contribution in [0.4, 0.5) is 0 Å². The molecule has 0 heterocycles. The van der Waals surface area contributed by atoms with Gasteiger partial charge in [-0.3, -0.25) is 9.24 Å². The van der Waals surface area contributed by atoms with E-state index in [0.29, 0.717) is 6.04 Å². The van der Waals surface area contributed by atoms with Crippen LogP contribution < -0.4 is 0 Å². The first kappa shape index (κ1) is 30.3. The molecule has 6 nitrogen and oxygen atoms in total. The summed E-state index contributed by atoms with van der Waals surface area (Å²) in [6.45, 7) is 20.9. The van der Waals surface area contributed by atoms with Gasteiger partial charge in [-0.1, -0.05) is 0 Å². The maximum atomic E-state index is 11.3. The summed E-state index contributed by atoms with van der Waals surface area (Å²) in [6, 6.07) is 0.380. The molecule has 0 amide bonds. The second-order valence-corrected chi connectivity index (χ2v) is 17.9. The molecule has 0 saturated heterocycles. The summed E-state index contributed by atoms with van der Waals surface area (Å²) in [4.78, 5) is 0. The van der Waals surface area contributed by atoms with Crippen LogP contribution in [0.5, 0.6) is 0 Å². The SMILES string of the molecule is CC(C)(O)P(C)(C)=O.CC(C)N(C)P(C)(C)=O.CC(C)OP(C)(C)=O. The summed E-state index contributed by atoms with van der Waals surface area (Å²) >= 11 is 0. The highest BCUT2D eigenvalue weighted by molar-refractivity contribution is 7.63.